The van der Waals surface area contributed by atoms with Gasteiger partial charge in [0.25, 0.3) is 0 Å². The quantitative estimate of drug-likeness (QED) is 0.504. The van der Waals surface area contributed by atoms with Gasteiger partial charge in [-0.15, -0.1) is 0 Å². The van der Waals surface area contributed by atoms with Crippen LogP contribution in [0.3, 0.4) is 0 Å². The van der Waals surface area contributed by atoms with E-state index in [1.165, 1.54) is 11.1 Å². The van der Waals surface area contributed by atoms with Crippen LogP contribution in [0.2, 0.25) is 0 Å². The molecular weight excluding hydrogens is 194 g/mol. The molecule has 0 amide bonds. The molecule has 0 unspecified atom stereocenters. The Kier molecular flexibility index (Phi) is 6.75. The molecule has 0 saturated carbocycles. The highest BCUT2D eigenvalue weighted by molar-refractivity contribution is 5.25. The molecule has 0 aliphatic rings. The second kappa shape index (κ2) is 7.24. The van der Waals surface area contributed by atoms with Crippen molar-refractivity contribution in [2.24, 2.45) is 0 Å². The first-order valence-electron chi connectivity index (χ1n) is 5.79. The van der Waals surface area contributed by atoms with Crippen LogP contribution in [0.4, 0.5) is 0 Å². The lowest BCUT2D eigenvalue weighted by atomic mass is 9.90. The summed E-state index contributed by atoms with van der Waals surface area (Å²) in [6, 6.07) is 0. The average Bonchev–Trinajstić information content (AvgIpc) is 2.26. The maximum Gasteiger partial charge on any atom is 0.0331 e. The standard InChI is InChI=1S/C15H25N/c1-7-9-14(10-8-2)12-11-13(3)15(4,5)16-6/h7-10,16H,1,3,11-12H2,2,4-6H3/b10-8-,14-9+. The zero-order chi connectivity index (χ0) is 12.6. The number of likely N-dealkylation sites (N-methyl/N-ethyl adjacent to an activating group) is 1. The summed E-state index contributed by atoms with van der Waals surface area (Å²) in [7, 11) is 1.97. The molecule has 0 aromatic rings. The van der Waals surface area contributed by atoms with E-state index < -0.39 is 0 Å². The summed E-state index contributed by atoms with van der Waals surface area (Å²) in [5, 5.41) is 3.27. The van der Waals surface area contributed by atoms with E-state index in [4.69, 9.17) is 0 Å². The zero-order valence-electron chi connectivity index (χ0n) is 11.1. The molecule has 0 radical (unpaired) electrons. The highest BCUT2D eigenvalue weighted by Gasteiger charge is 2.18. The largest absolute Gasteiger partial charge is 0.311 e. The fraction of sp³-hybridized carbons (Fsp3) is 0.467. The highest BCUT2D eigenvalue weighted by atomic mass is 14.9. The normalized spacial score (nSPS) is 13.1. The second-order valence-electron chi connectivity index (χ2n) is 4.46. The Morgan fingerprint density at radius 3 is 2.38 bits per heavy atom. The SMILES string of the molecule is C=C/C=C(\C=C/C)CCC(=C)C(C)(C)NC. The van der Waals surface area contributed by atoms with Crippen molar-refractivity contribution in [3.05, 3.63) is 48.6 Å². The number of hydrogen-bond donors (Lipinski definition) is 1. The first-order chi connectivity index (χ1) is 7.47. The molecule has 0 saturated heterocycles. The minimum Gasteiger partial charge on any atom is -0.311 e. The summed E-state index contributed by atoms with van der Waals surface area (Å²) >= 11 is 0. The highest BCUT2D eigenvalue weighted by Crippen LogP contribution is 2.21. The van der Waals surface area contributed by atoms with Crippen LogP contribution in [0.25, 0.3) is 0 Å². The molecule has 0 heterocycles. The fourth-order valence-electron chi connectivity index (χ4n) is 1.37. The van der Waals surface area contributed by atoms with Gasteiger partial charge in [0.05, 0.1) is 0 Å². The zero-order valence-corrected chi connectivity index (χ0v) is 11.1. The third-order valence-electron chi connectivity index (χ3n) is 2.94. The fourth-order valence-corrected chi connectivity index (χ4v) is 1.37. The number of hydrogen-bond acceptors (Lipinski definition) is 1. The van der Waals surface area contributed by atoms with Crippen LogP contribution in [0, 0.1) is 0 Å². The van der Waals surface area contributed by atoms with Crippen LogP contribution in [0.1, 0.15) is 33.6 Å². The van der Waals surface area contributed by atoms with Crippen molar-refractivity contribution in [2.45, 2.75) is 39.2 Å². The Labute approximate surface area is 101 Å². The molecule has 1 nitrogen and oxygen atoms in total. The van der Waals surface area contributed by atoms with Crippen LogP contribution in [0.15, 0.2) is 48.6 Å². The van der Waals surface area contributed by atoms with E-state index in [1.807, 2.05) is 20.0 Å². The van der Waals surface area contributed by atoms with Gasteiger partial charge in [-0.05, 0) is 46.2 Å². The van der Waals surface area contributed by atoms with Gasteiger partial charge >= 0.3 is 0 Å². The van der Waals surface area contributed by atoms with E-state index in [1.54, 1.807) is 0 Å². The van der Waals surface area contributed by atoms with Crippen molar-refractivity contribution in [2.75, 3.05) is 7.05 Å². The average molecular weight is 219 g/mol. The predicted octanol–water partition coefficient (Wildman–Crippen LogP) is 4.01. The van der Waals surface area contributed by atoms with Gasteiger partial charge < -0.3 is 5.32 Å². The number of rotatable bonds is 7. The van der Waals surface area contributed by atoms with Gasteiger partial charge in [0.15, 0.2) is 0 Å². The summed E-state index contributed by atoms with van der Waals surface area (Å²) in [6.07, 6.45) is 10.1. The van der Waals surface area contributed by atoms with Crippen molar-refractivity contribution in [3.63, 3.8) is 0 Å². The van der Waals surface area contributed by atoms with Crippen molar-refractivity contribution in [1.29, 1.82) is 0 Å². The van der Waals surface area contributed by atoms with Crippen LogP contribution in [-0.4, -0.2) is 12.6 Å². The maximum atomic E-state index is 4.15. The van der Waals surface area contributed by atoms with E-state index in [9.17, 15) is 0 Å². The number of nitrogens with one attached hydrogen (secondary N) is 1. The van der Waals surface area contributed by atoms with E-state index >= 15 is 0 Å². The van der Waals surface area contributed by atoms with E-state index in [0.717, 1.165) is 12.8 Å². The Morgan fingerprint density at radius 1 is 1.31 bits per heavy atom. The molecule has 0 spiro atoms. The number of allylic oxidation sites excluding steroid dienone is 5. The first-order valence-corrected chi connectivity index (χ1v) is 5.79. The molecule has 0 atom stereocenters. The monoisotopic (exact) mass is 219 g/mol. The lowest BCUT2D eigenvalue weighted by Gasteiger charge is -2.27. The van der Waals surface area contributed by atoms with Gasteiger partial charge in [0.2, 0.25) is 0 Å². The minimum absolute atomic E-state index is 0.00914. The Hall–Kier alpha value is -1.08. The van der Waals surface area contributed by atoms with Gasteiger partial charge in [-0.1, -0.05) is 43.0 Å². The molecule has 0 aliphatic carbocycles. The Morgan fingerprint density at radius 2 is 1.94 bits per heavy atom. The van der Waals surface area contributed by atoms with Gasteiger partial charge in [-0.25, -0.2) is 0 Å². The molecular formula is C15H25N. The Balaban J connectivity index is 4.38. The molecule has 0 aromatic heterocycles. The molecule has 0 aromatic carbocycles. The lowest BCUT2D eigenvalue weighted by Crippen LogP contribution is -2.37. The van der Waals surface area contributed by atoms with Crippen LogP contribution < -0.4 is 5.32 Å². The summed E-state index contributed by atoms with van der Waals surface area (Å²) in [5.41, 5.74) is 2.54. The maximum absolute atomic E-state index is 4.15. The summed E-state index contributed by atoms with van der Waals surface area (Å²) < 4.78 is 0. The van der Waals surface area contributed by atoms with Crippen molar-refractivity contribution in [3.8, 4) is 0 Å². The van der Waals surface area contributed by atoms with Crippen molar-refractivity contribution >= 4 is 0 Å². The van der Waals surface area contributed by atoms with Crippen molar-refractivity contribution in [1.82, 2.24) is 5.32 Å². The molecule has 0 rings (SSSR count). The molecule has 16 heavy (non-hydrogen) atoms. The van der Waals surface area contributed by atoms with Gasteiger partial charge in [-0.2, -0.15) is 0 Å². The predicted molar refractivity (Wildman–Crippen MR) is 74.6 cm³/mol. The van der Waals surface area contributed by atoms with Gasteiger partial charge in [-0.3, -0.25) is 0 Å². The third kappa shape index (κ3) is 5.13. The summed E-state index contributed by atoms with van der Waals surface area (Å²) in [5.74, 6) is 0. The van der Waals surface area contributed by atoms with Crippen molar-refractivity contribution < 1.29 is 0 Å². The first kappa shape index (κ1) is 14.9. The van der Waals surface area contributed by atoms with Crippen LogP contribution in [0.5, 0.6) is 0 Å². The van der Waals surface area contributed by atoms with Gasteiger partial charge in [0.1, 0.15) is 0 Å². The van der Waals surface area contributed by atoms with E-state index in [2.05, 4.69) is 50.6 Å². The third-order valence-corrected chi connectivity index (χ3v) is 2.94. The van der Waals surface area contributed by atoms with Gasteiger partial charge in [0, 0.05) is 5.54 Å². The van der Waals surface area contributed by atoms with E-state index in [0.29, 0.717) is 0 Å². The smallest absolute Gasteiger partial charge is 0.0331 e. The molecule has 90 valence electrons. The summed E-state index contributed by atoms with van der Waals surface area (Å²) in [4.78, 5) is 0. The Bertz CT molecular complexity index is 293. The van der Waals surface area contributed by atoms with Crippen LogP contribution >= 0.6 is 0 Å². The molecule has 1 heteroatoms. The molecule has 0 bridgehead atoms. The molecule has 0 aliphatic heterocycles. The molecule has 1 N–H and O–H groups in total. The second-order valence-corrected chi connectivity index (χ2v) is 4.46. The lowest BCUT2D eigenvalue weighted by molar-refractivity contribution is 0.482. The molecule has 0 fully saturated rings. The topological polar surface area (TPSA) is 12.0 Å². The van der Waals surface area contributed by atoms with E-state index in [-0.39, 0.29) is 5.54 Å². The summed E-state index contributed by atoms with van der Waals surface area (Å²) in [6.45, 7) is 14.2. The minimum atomic E-state index is 0.00914. The van der Waals surface area contributed by atoms with Crippen LogP contribution in [-0.2, 0) is 0 Å².